The van der Waals surface area contributed by atoms with Gasteiger partial charge in [-0.25, -0.2) is 12.8 Å². The summed E-state index contributed by atoms with van der Waals surface area (Å²) in [5.74, 6) is -2.61. The van der Waals surface area contributed by atoms with E-state index in [1.54, 1.807) is 0 Å². The van der Waals surface area contributed by atoms with Crippen LogP contribution in [-0.4, -0.2) is 24.4 Å². The quantitative estimate of drug-likeness (QED) is 0.410. The first kappa shape index (κ1) is 22.4. The van der Waals surface area contributed by atoms with Crippen molar-refractivity contribution < 1.29 is 27.6 Å². The minimum absolute atomic E-state index is 0.104. The van der Waals surface area contributed by atoms with Crippen LogP contribution in [0.4, 0.5) is 15.8 Å². The Bertz CT molecular complexity index is 1390. The Balaban J connectivity index is 1.91. The van der Waals surface area contributed by atoms with Crippen LogP contribution in [0.3, 0.4) is 0 Å². The van der Waals surface area contributed by atoms with Crippen molar-refractivity contribution in [3.63, 3.8) is 0 Å². The van der Waals surface area contributed by atoms with E-state index < -0.39 is 43.2 Å². The van der Waals surface area contributed by atoms with Gasteiger partial charge in [-0.2, -0.15) is 0 Å². The molecule has 1 heterocycles. The number of halogens is 2. The van der Waals surface area contributed by atoms with Gasteiger partial charge in [-0.15, -0.1) is 0 Å². The Kier molecular flexibility index (Phi) is 5.64. The second-order valence-electron chi connectivity index (χ2n) is 7.07. The normalized spacial score (nSPS) is 16.4. The van der Waals surface area contributed by atoms with Crippen LogP contribution in [0, 0.1) is 15.9 Å². The molecule has 1 N–H and O–H groups in total. The van der Waals surface area contributed by atoms with Crippen molar-refractivity contribution in [1.82, 2.24) is 0 Å². The van der Waals surface area contributed by atoms with Gasteiger partial charge in [0.05, 0.1) is 9.82 Å². The number of aliphatic hydroxyl groups is 1. The minimum atomic E-state index is -4.40. The number of hydrogen-bond acceptors (Lipinski definition) is 6. The van der Waals surface area contributed by atoms with E-state index in [2.05, 4.69) is 0 Å². The van der Waals surface area contributed by atoms with Gasteiger partial charge in [-0.1, -0.05) is 23.7 Å². The van der Waals surface area contributed by atoms with Crippen LogP contribution in [0.5, 0.6) is 0 Å². The Labute approximate surface area is 192 Å². The van der Waals surface area contributed by atoms with E-state index in [1.165, 1.54) is 48.5 Å². The number of amides is 1. The fourth-order valence-electron chi connectivity index (χ4n) is 3.55. The second-order valence-corrected chi connectivity index (χ2v) is 9.43. The summed E-state index contributed by atoms with van der Waals surface area (Å²) in [7, 11) is -4.40. The monoisotopic (exact) mass is 488 g/mol. The summed E-state index contributed by atoms with van der Waals surface area (Å²) in [5, 5.41) is 21.9. The Morgan fingerprint density at radius 1 is 0.970 bits per heavy atom. The van der Waals surface area contributed by atoms with E-state index in [1.807, 2.05) is 0 Å². The molecule has 0 saturated carbocycles. The van der Waals surface area contributed by atoms with Gasteiger partial charge in [0.1, 0.15) is 16.8 Å². The van der Waals surface area contributed by atoms with Crippen molar-refractivity contribution in [3.05, 3.63) is 110 Å². The number of anilines is 1. The third-order valence-corrected chi connectivity index (χ3v) is 7.24. The largest absolute Gasteiger partial charge is 0.502 e. The fourth-order valence-corrected chi connectivity index (χ4v) is 5.30. The second kappa shape index (κ2) is 8.30. The van der Waals surface area contributed by atoms with Gasteiger partial charge in [0.25, 0.3) is 11.6 Å². The number of nitro groups is 1. The van der Waals surface area contributed by atoms with Crippen LogP contribution in [0.25, 0.3) is 0 Å². The number of nitro benzene ring substituents is 1. The van der Waals surface area contributed by atoms with E-state index in [4.69, 9.17) is 11.6 Å². The molecule has 1 aliphatic heterocycles. The molecule has 0 fully saturated rings. The van der Waals surface area contributed by atoms with Gasteiger partial charge in [0.2, 0.25) is 9.84 Å². The summed E-state index contributed by atoms with van der Waals surface area (Å²) in [6, 6.07) is 13.4. The standard InChI is InChI=1S/C22H14ClFN2O6S/c23-14-3-11-18(12-4-14)33(31,32)21-19(13-1-5-15(24)6-2-13)25(22(28)20(21)27)16-7-9-17(10-8-16)26(29)30/h1-12,19,27H/t19-/m1/s1. The Morgan fingerprint density at radius 3 is 2.09 bits per heavy atom. The molecule has 33 heavy (non-hydrogen) atoms. The highest BCUT2D eigenvalue weighted by Gasteiger charge is 2.47. The summed E-state index contributed by atoms with van der Waals surface area (Å²) in [5.41, 5.74) is 0.0717. The molecule has 0 bridgehead atoms. The molecule has 0 radical (unpaired) electrons. The maximum Gasteiger partial charge on any atom is 0.295 e. The number of sulfone groups is 1. The first-order valence-electron chi connectivity index (χ1n) is 9.38. The lowest BCUT2D eigenvalue weighted by atomic mass is 10.1. The van der Waals surface area contributed by atoms with E-state index in [-0.39, 0.29) is 26.9 Å². The zero-order chi connectivity index (χ0) is 23.9. The maximum absolute atomic E-state index is 13.6. The summed E-state index contributed by atoms with van der Waals surface area (Å²) in [6.07, 6.45) is 0. The lowest BCUT2D eigenvalue weighted by molar-refractivity contribution is -0.384. The zero-order valence-corrected chi connectivity index (χ0v) is 18.1. The number of hydrogen-bond donors (Lipinski definition) is 1. The molecule has 168 valence electrons. The fraction of sp³-hybridized carbons (Fsp3) is 0.0455. The number of non-ortho nitro benzene ring substituents is 1. The van der Waals surface area contributed by atoms with Gasteiger partial charge in [-0.05, 0) is 54.1 Å². The van der Waals surface area contributed by atoms with Crippen LogP contribution in [0.1, 0.15) is 11.6 Å². The smallest absolute Gasteiger partial charge is 0.295 e. The van der Waals surface area contributed by atoms with Crippen LogP contribution >= 0.6 is 11.6 Å². The van der Waals surface area contributed by atoms with Crippen LogP contribution in [0.15, 0.2) is 88.4 Å². The van der Waals surface area contributed by atoms with Gasteiger partial charge in [0, 0.05) is 22.8 Å². The molecule has 3 aromatic carbocycles. The summed E-state index contributed by atoms with van der Waals surface area (Å²) < 4.78 is 40.5. The molecule has 0 aromatic heterocycles. The van der Waals surface area contributed by atoms with Crippen molar-refractivity contribution in [2.75, 3.05) is 4.90 Å². The molecular weight excluding hydrogens is 475 g/mol. The zero-order valence-electron chi connectivity index (χ0n) is 16.6. The van der Waals surface area contributed by atoms with Gasteiger partial charge in [-0.3, -0.25) is 19.8 Å². The summed E-state index contributed by atoms with van der Waals surface area (Å²) in [6.45, 7) is 0. The van der Waals surface area contributed by atoms with E-state index in [9.17, 15) is 32.8 Å². The number of carbonyl (C=O) groups is 1. The highest BCUT2D eigenvalue weighted by atomic mass is 35.5. The average molecular weight is 489 g/mol. The van der Waals surface area contributed by atoms with Crippen LogP contribution < -0.4 is 4.90 Å². The van der Waals surface area contributed by atoms with E-state index in [0.29, 0.717) is 0 Å². The molecule has 0 saturated heterocycles. The summed E-state index contributed by atoms with van der Waals surface area (Å²) >= 11 is 5.85. The molecule has 1 aliphatic rings. The number of rotatable bonds is 5. The van der Waals surface area contributed by atoms with Crippen molar-refractivity contribution in [3.8, 4) is 0 Å². The third kappa shape index (κ3) is 3.94. The molecule has 8 nitrogen and oxygen atoms in total. The average Bonchev–Trinajstić information content (AvgIpc) is 3.06. The highest BCUT2D eigenvalue weighted by Crippen LogP contribution is 2.45. The van der Waals surface area contributed by atoms with Crippen molar-refractivity contribution in [2.45, 2.75) is 10.9 Å². The third-order valence-electron chi connectivity index (χ3n) is 5.10. The van der Waals surface area contributed by atoms with Crippen LogP contribution in [0.2, 0.25) is 5.02 Å². The van der Waals surface area contributed by atoms with E-state index in [0.717, 1.165) is 29.2 Å². The molecule has 3 aromatic rings. The highest BCUT2D eigenvalue weighted by molar-refractivity contribution is 7.95. The molecule has 0 spiro atoms. The number of benzene rings is 3. The van der Waals surface area contributed by atoms with Gasteiger partial charge >= 0.3 is 0 Å². The summed E-state index contributed by atoms with van der Waals surface area (Å²) in [4.78, 5) is 23.6. The molecular formula is C22H14ClFN2O6S. The predicted octanol–water partition coefficient (Wildman–Crippen LogP) is 4.72. The Morgan fingerprint density at radius 2 is 1.55 bits per heavy atom. The molecule has 11 heteroatoms. The minimum Gasteiger partial charge on any atom is -0.502 e. The number of aliphatic hydroxyl groups excluding tert-OH is 1. The topological polar surface area (TPSA) is 118 Å². The van der Waals surface area contributed by atoms with Gasteiger partial charge < -0.3 is 5.11 Å². The molecule has 0 unspecified atom stereocenters. The van der Waals surface area contributed by atoms with Crippen LogP contribution in [-0.2, 0) is 14.6 Å². The van der Waals surface area contributed by atoms with E-state index >= 15 is 0 Å². The number of nitrogens with zero attached hydrogens (tertiary/aromatic N) is 2. The Hall–Kier alpha value is -3.76. The predicted molar refractivity (Wildman–Crippen MR) is 118 cm³/mol. The lowest BCUT2D eigenvalue weighted by Crippen LogP contribution is -2.31. The first-order chi connectivity index (χ1) is 15.6. The van der Waals surface area contributed by atoms with Crippen molar-refractivity contribution in [1.29, 1.82) is 0 Å². The SMILES string of the molecule is O=C1C(O)=C(S(=O)(=O)c2ccc(Cl)cc2)[C@@H](c2ccc(F)cc2)N1c1ccc([N+](=O)[O-])cc1. The lowest BCUT2D eigenvalue weighted by Gasteiger charge is -2.27. The molecule has 1 amide bonds. The molecule has 4 rings (SSSR count). The number of carbonyl (C=O) groups excluding carboxylic acids is 1. The molecule has 1 atom stereocenters. The van der Waals surface area contributed by atoms with Gasteiger partial charge in [0.15, 0.2) is 5.76 Å². The van der Waals surface area contributed by atoms with Crippen molar-refractivity contribution >= 4 is 38.7 Å². The molecule has 0 aliphatic carbocycles. The first-order valence-corrected chi connectivity index (χ1v) is 11.2. The van der Waals surface area contributed by atoms with Crippen molar-refractivity contribution in [2.24, 2.45) is 0 Å². The maximum atomic E-state index is 13.6.